The molecule has 3 N–H and O–H groups in total. The van der Waals surface area contributed by atoms with E-state index in [0.29, 0.717) is 17.3 Å². The number of nitrogens with zero attached hydrogens (tertiary/aromatic N) is 2. The van der Waals surface area contributed by atoms with Gasteiger partial charge in [-0.2, -0.15) is 0 Å². The third-order valence-corrected chi connectivity index (χ3v) is 4.62. The molecule has 0 radical (unpaired) electrons. The van der Waals surface area contributed by atoms with Crippen molar-refractivity contribution in [1.82, 2.24) is 9.97 Å². The van der Waals surface area contributed by atoms with Gasteiger partial charge in [0.15, 0.2) is 0 Å². The van der Waals surface area contributed by atoms with Gasteiger partial charge in [0.05, 0.1) is 11.8 Å². The van der Waals surface area contributed by atoms with Crippen molar-refractivity contribution in [3.05, 3.63) is 17.0 Å². The Balaban J connectivity index is 1.99. The number of hydrogen-bond acceptors (Lipinski definition) is 5. The third kappa shape index (κ3) is 4.28. The Hall–Kier alpha value is -0.910. The van der Waals surface area contributed by atoms with E-state index in [2.05, 4.69) is 15.3 Å². The molecule has 21 heavy (non-hydrogen) atoms. The van der Waals surface area contributed by atoms with Crippen LogP contribution in [0.4, 0.5) is 5.82 Å². The summed E-state index contributed by atoms with van der Waals surface area (Å²) in [4.78, 5) is 8.40. The number of aliphatic hydroxyl groups is 2. The predicted molar refractivity (Wildman–Crippen MR) is 83.5 cm³/mol. The maximum Gasteiger partial charge on any atom is 0.148 e. The number of nitrogens with one attached hydrogen (secondary N) is 1. The van der Waals surface area contributed by atoms with E-state index in [-0.39, 0.29) is 18.6 Å². The first-order valence-corrected chi connectivity index (χ1v) is 8.08. The maximum absolute atomic E-state index is 10.1. The van der Waals surface area contributed by atoms with Gasteiger partial charge in [0.25, 0.3) is 0 Å². The molecule has 118 valence electrons. The number of hydrogen-bond donors (Lipinski definition) is 3. The Morgan fingerprint density at radius 3 is 2.95 bits per heavy atom. The van der Waals surface area contributed by atoms with Crippen LogP contribution in [0, 0.1) is 5.92 Å². The van der Waals surface area contributed by atoms with Gasteiger partial charge in [0, 0.05) is 12.6 Å². The molecule has 0 amide bonds. The van der Waals surface area contributed by atoms with E-state index < -0.39 is 6.10 Å². The van der Waals surface area contributed by atoms with Crippen molar-refractivity contribution in [2.75, 3.05) is 11.9 Å². The summed E-state index contributed by atoms with van der Waals surface area (Å²) < 4.78 is 0. The smallest absolute Gasteiger partial charge is 0.148 e. The summed E-state index contributed by atoms with van der Waals surface area (Å²) in [7, 11) is 0. The zero-order valence-electron chi connectivity index (χ0n) is 12.4. The molecule has 1 aromatic heterocycles. The zero-order valence-corrected chi connectivity index (χ0v) is 13.2. The van der Waals surface area contributed by atoms with Crippen molar-refractivity contribution in [1.29, 1.82) is 0 Å². The second-order valence-electron chi connectivity index (χ2n) is 5.68. The summed E-state index contributed by atoms with van der Waals surface area (Å²) in [5, 5.41) is 23.0. The fourth-order valence-electron chi connectivity index (χ4n) is 3.02. The Morgan fingerprint density at radius 2 is 2.24 bits per heavy atom. The minimum absolute atomic E-state index is 0.0351. The number of aliphatic hydroxyl groups excluding tert-OH is 2. The molecule has 0 aliphatic heterocycles. The Kier molecular flexibility index (Phi) is 6.21. The molecule has 6 heteroatoms. The molecule has 3 unspecified atom stereocenters. The Labute approximate surface area is 130 Å². The average Bonchev–Trinajstić information content (AvgIpc) is 2.50. The van der Waals surface area contributed by atoms with Crippen LogP contribution in [0.2, 0.25) is 5.02 Å². The molecule has 0 saturated heterocycles. The van der Waals surface area contributed by atoms with E-state index >= 15 is 0 Å². The lowest BCUT2D eigenvalue weighted by atomic mass is 9.81. The van der Waals surface area contributed by atoms with E-state index in [1.807, 2.05) is 6.92 Å². The van der Waals surface area contributed by atoms with Crippen molar-refractivity contribution in [2.45, 2.75) is 57.6 Å². The van der Waals surface area contributed by atoms with Gasteiger partial charge in [-0.3, -0.25) is 0 Å². The van der Waals surface area contributed by atoms with Crippen LogP contribution in [0.1, 0.15) is 44.7 Å². The maximum atomic E-state index is 10.1. The van der Waals surface area contributed by atoms with Crippen LogP contribution in [0.15, 0.2) is 6.33 Å². The van der Waals surface area contributed by atoms with Crippen molar-refractivity contribution in [3.63, 3.8) is 0 Å². The monoisotopic (exact) mass is 313 g/mol. The van der Waals surface area contributed by atoms with Crippen LogP contribution in [0.3, 0.4) is 0 Å². The molecule has 0 bridgehead atoms. The van der Waals surface area contributed by atoms with Gasteiger partial charge in [-0.1, -0.05) is 24.9 Å². The van der Waals surface area contributed by atoms with Crippen LogP contribution in [-0.4, -0.2) is 38.9 Å². The first-order chi connectivity index (χ1) is 10.2. The lowest BCUT2D eigenvalue weighted by Gasteiger charge is -2.33. The van der Waals surface area contributed by atoms with E-state index in [1.54, 1.807) is 0 Å². The summed E-state index contributed by atoms with van der Waals surface area (Å²) in [5.74, 6) is 0.917. The van der Waals surface area contributed by atoms with E-state index in [4.69, 9.17) is 16.7 Å². The highest BCUT2D eigenvalue weighted by molar-refractivity contribution is 6.33. The molecule has 1 aliphatic carbocycles. The standard InChI is InChI=1S/C15H24ClN3O2/c1-2-12-14(16)15(18-9-17-12)19-11-5-3-4-10(8-11)13(21)6-7-20/h9-11,13,20-21H,2-8H2,1H3,(H,17,18,19). The summed E-state index contributed by atoms with van der Waals surface area (Å²) in [6, 6.07) is 0.259. The van der Waals surface area contributed by atoms with Gasteiger partial charge in [0.1, 0.15) is 17.2 Å². The van der Waals surface area contributed by atoms with E-state index in [1.165, 1.54) is 6.33 Å². The van der Waals surface area contributed by atoms with Gasteiger partial charge in [-0.15, -0.1) is 0 Å². The quantitative estimate of drug-likeness (QED) is 0.751. The molecule has 0 spiro atoms. The van der Waals surface area contributed by atoms with Crippen LogP contribution in [0.25, 0.3) is 0 Å². The molecule has 1 fully saturated rings. The van der Waals surface area contributed by atoms with Gasteiger partial charge >= 0.3 is 0 Å². The SMILES string of the molecule is CCc1ncnc(NC2CCCC(C(O)CCO)C2)c1Cl. The van der Waals surface area contributed by atoms with Crippen LogP contribution in [0.5, 0.6) is 0 Å². The third-order valence-electron chi connectivity index (χ3n) is 4.22. The lowest BCUT2D eigenvalue weighted by molar-refractivity contribution is 0.0583. The second-order valence-corrected chi connectivity index (χ2v) is 6.06. The van der Waals surface area contributed by atoms with Gasteiger partial charge < -0.3 is 15.5 Å². The van der Waals surface area contributed by atoms with Crippen molar-refractivity contribution in [2.24, 2.45) is 5.92 Å². The summed E-state index contributed by atoms with van der Waals surface area (Å²) >= 11 is 6.31. The fraction of sp³-hybridized carbons (Fsp3) is 0.733. The molecule has 1 aromatic rings. The molecule has 0 aromatic carbocycles. The molecule has 2 rings (SSSR count). The van der Waals surface area contributed by atoms with Crippen molar-refractivity contribution < 1.29 is 10.2 Å². The fourth-order valence-corrected chi connectivity index (χ4v) is 3.31. The molecule has 1 saturated carbocycles. The number of aryl methyl sites for hydroxylation is 1. The predicted octanol–water partition coefficient (Wildman–Crippen LogP) is 2.41. The zero-order chi connectivity index (χ0) is 15.2. The van der Waals surface area contributed by atoms with Crippen molar-refractivity contribution in [3.8, 4) is 0 Å². The number of halogens is 1. The second kappa shape index (κ2) is 7.92. The van der Waals surface area contributed by atoms with Crippen LogP contribution >= 0.6 is 11.6 Å². The minimum Gasteiger partial charge on any atom is -0.396 e. The lowest BCUT2D eigenvalue weighted by Crippen LogP contribution is -2.34. The molecule has 1 aliphatic rings. The normalized spacial score (nSPS) is 23.8. The molecule has 3 atom stereocenters. The Bertz CT molecular complexity index is 459. The summed E-state index contributed by atoms with van der Waals surface area (Å²) in [6.07, 6.45) is 6.34. The van der Waals surface area contributed by atoms with Crippen LogP contribution < -0.4 is 5.32 Å². The number of anilines is 1. The molecule has 1 heterocycles. The molecule has 5 nitrogen and oxygen atoms in total. The van der Waals surface area contributed by atoms with E-state index in [9.17, 15) is 5.11 Å². The summed E-state index contributed by atoms with van der Waals surface area (Å²) in [5.41, 5.74) is 0.849. The topological polar surface area (TPSA) is 78.3 Å². The molecular formula is C15H24ClN3O2. The first kappa shape index (κ1) is 16.5. The summed E-state index contributed by atoms with van der Waals surface area (Å²) in [6.45, 7) is 2.05. The Morgan fingerprint density at radius 1 is 1.43 bits per heavy atom. The van der Waals surface area contributed by atoms with Crippen molar-refractivity contribution >= 4 is 17.4 Å². The molecular weight excluding hydrogens is 290 g/mol. The first-order valence-electron chi connectivity index (χ1n) is 7.70. The van der Waals surface area contributed by atoms with Gasteiger partial charge in [-0.05, 0) is 38.0 Å². The van der Waals surface area contributed by atoms with Gasteiger partial charge in [-0.25, -0.2) is 9.97 Å². The van der Waals surface area contributed by atoms with E-state index in [0.717, 1.165) is 37.8 Å². The highest BCUT2D eigenvalue weighted by Crippen LogP contribution is 2.31. The minimum atomic E-state index is -0.424. The highest BCUT2D eigenvalue weighted by atomic mass is 35.5. The van der Waals surface area contributed by atoms with Gasteiger partial charge in [0.2, 0.25) is 0 Å². The number of aromatic nitrogens is 2. The average molecular weight is 314 g/mol. The number of rotatable bonds is 6. The van der Waals surface area contributed by atoms with Crippen LogP contribution in [-0.2, 0) is 6.42 Å². The largest absolute Gasteiger partial charge is 0.396 e. The highest BCUT2D eigenvalue weighted by Gasteiger charge is 2.27.